The lowest BCUT2D eigenvalue weighted by molar-refractivity contribution is 0.0922. The minimum absolute atomic E-state index is 0.0765. The summed E-state index contributed by atoms with van der Waals surface area (Å²) < 4.78 is 0.296. The summed E-state index contributed by atoms with van der Waals surface area (Å²) in [5.41, 5.74) is -0.0377. The number of hydrogen-bond donors (Lipinski definition) is 1. The van der Waals surface area contributed by atoms with Crippen molar-refractivity contribution in [1.29, 1.82) is 0 Å². The van der Waals surface area contributed by atoms with E-state index >= 15 is 0 Å². The maximum atomic E-state index is 12.4. The third kappa shape index (κ3) is 1.46. The van der Waals surface area contributed by atoms with Crippen LogP contribution in [0.5, 0.6) is 0 Å². The third-order valence-corrected chi connectivity index (χ3v) is 3.51. The first-order valence-electron chi connectivity index (χ1n) is 6.22. The molecule has 0 bridgehead atoms. The molecule has 1 aliphatic rings. The van der Waals surface area contributed by atoms with E-state index in [1.54, 1.807) is 25.1 Å². The molecule has 0 unspecified atom stereocenters. The van der Waals surface area contributed by atoms with E-state index in [9.17, 15) is 19.6 Å². The van der Waals surface area contributed by atoms with Crippen molar-refractivity contribution in [2.24, 2.45) is 0 Å². The van der Waals surface area contributed by atoms with Crippen LogP contribution in [0, 0.1) is 0 Å². The average Bonchev–Trinajstić information content (AvgIpc) is 2.47. The molecule has 1 aromatic heterocycles. The van der Waals surface area contributed by atoms with Crippen LogP contribution in [0.25, 0.3) is 0 Å². The molecule has 0 saturated carbocycles. The highest BCUT2D eigenvalue weighted by molar-refractivity contribution is 6.27. The second-order valence-corrected chi connectivity index (χ2v) is 4.61. The lowest BCUT2D eigenvalue weighted by Gasteiger charge is -2.19. The molecule has 0 aliphatic heterocycles. The van der Waals surface area contributed by atoms with Gasteiger partial charge in [-0.05, 0) is 12.5 Å². The smallest absolute Gasteiger partial charge is 0.286 e. The topological polar surface area (TPSA) is 76.4 Å². The van der Waals surface area contributed by atoms with Crippen molar-refractivity contribution in [3.05, 3.63) is 68.6 Å². The number of fused-ring (bicyclic) bond motifs is 2. The summed E-state index contributed by atoms with van der Waals surface area (Å²) in [6, 6.07) is 7.79. The summed E-state index contributed by atoms with van der Waals surface area (Å²) in [6.45, 7) is 1.74. The van der Waals surface area contributed by atoms with Crippen LogP contribution in [0.1, 0.15) is 44.5 Å². The molecule has 1 N–H and O–H groups in total. The van der Waals surface area contributed by atoms with E-state index in [2.05, 4.69) is 0 Å². The number of carbonyl (C=O) groups excluding carboxylic acids is 2. The molecule has 0 spiro atoms. The summed E-state index contributed by atoms with van der Waals surface area (Å²) in [4.78, 5) is 36.6. The highest BCUT2D eigenvalue weighted by Crippen LogP contribution is 2.26. The van der Waals surface area contributed by atoms with Crippen LogP contribution in [0.3, 0.4) is 0 Å². The Balaban J connectivity index is 2.40. The molecule has 20 heavy (non-hydrogen) atoms. The Labute approximate surface area is 114 Å². The number of carbonyl (C=O) groups is 2. The van der Waals surface area contributed by atoms with Crippen molar-refractivity contribution >= 4 is 11.6 Å². The van der Waals surface area contributed by atoms with Gasteiger partial charge in [-0.2, -0.15) is 0 Å². The van der Waals surface area contributed by atoms with Gasteiger partial charge >= 0.3 is 0 Å². The number of aryl methyl sites for hydroxylation is 1. The molecule has 5 nitrogen and oxygen atoms in total. The van der Waals surface area contributed by atoms with Crippen molar-refractivity contribution in [3.8, 4) is 0 Å². The molecule has 0 radical (unpaired) electrons. The predicted molar refractivity (Wildman–Crippen MR) is 70.6 cm³/mol. The highest BCUT2D eigenvalue weighted by Gasteiger charge is 2.33. The number of pyridine rings is 1. The molecule has 100 valence electrons. The highest BCUT2D eigenvalue weighted by atomic mass is 16.5. The van der Waals surface area contributed by atoms with Gasteiger partial charge in [-0.15, -0.1) is 4.73 Å². The van der Waals surface area contributed by atoms with Crippen LogP contribution in [0.15, 0.2) is 35.1 Å². The largest absolute Gasteiger partial charge is 0.425 e. The molecular weight excluding hydrogens is 258 g/mol. The van der Waals surface area contributed by atoms with Gasteiger partial charge < -0.3 is 5.21 Å². The Hall–Kier alpha value is -2.69. The molecule has 0 atom stereocenters. The SMILES string of the molecule is CCc1cc2c(n(O)c1=O)C(=O)c1ccccc1C2=O. The molecule has 3 rings (SSSR count). The normalized spacial score (nSPS) is 13.1. The first-order valence-corrected chi connectivity index (χ1v) is 6.22. The molecule has 0 amide bonds. The van der Waals surface area contributed by atoms with Crippen LogP contribution in [0.4, 0.5) is 0 Å². The second kappa shape index (κ2) is 4.16. The Morgan fingerprint density at radius 2 is 1.60 bits per heavy atom. The Morgan fingerprint density at radius 3 is 2.20 bits per heavy atom. The van der Waals surface area contributed by atoms with Gasteiger partial charge in [0.05, 0.1) is 5.56 Å². The molecule has 1 aromatic carbocycles. The quantitative estimate of drug-likeness (QED) is 0.678. The number of rotatable bonds is 1. The van der Waals surface area contributed by atoms with Gasteiger partial charge in [-0.3, -0.25) is 14.4 Å². The second-order valence-electron chi connectivity index (χ2n) is 4.61. The van der Waals surface area contributed by atoms with E-state index in [0.29, 0.717) is 22.3 Å². The summed E-state index contributed by atoms with van der Waals surface area (Å²) >= 11 is 0. The zero-order chi connectivity index (χ0) is 14.4. The number of ketones is 2. The molecule has 1 aliphatic carbocycles. The van der Waals surface area contributed by atoms with Crippen LogP contribution in [0.2, 0.25) is 0 Å². The molecule has 0 saturated heterocycles. The maximum absolute atomic E-state index is 12.4. The standard InChI is InChI=1S/C15H11NO4/c1-2-8-7-11-12(16(20)15(8)19)14(18)10-6-4-3-5-9(10)13(11)17/h3-7,20H,2H2,1H3. The Morgan fingerprint density at radius 1 is 1.00 bits per heavy atom. The van der Waals surface area contributed by atoms with Crippen molar-refractivity contribution in [2.45, 2.75) is 13.3 Å². The molecular formula is C15H11NO4. The van der Waals surface area contributed by atoms with Crippen molar-refractivity contribution in [3.63, 3.8) is 0 Å². The minimum atomic E-state index is -0.660. The first kappa shape index (κ1) is 12.3. The summed E-state index contributed by atoms with van der Waals surface area (Å²) in [5.74, 6) is -0.870. The van der Waals surface area contributed by atoms with Gasteiger partial charge in [-0.25, -0.2) is 0 Å². The van der Waals surface area contributed by atoms with E-state index in [1.165, 1.54) is 12.1 Å². The third-order valence-electron chi connectivity index (χ3n) is 3.51. The Bertz CT molecular complexity index is 817. The summed E-state index contributed by atoms with van der Waals surface area (Å²) in [5, 5.41) is 9.90. The fraction of sp³-hybridized carbons (Fsp3) is 0.133. The van der Waals surface area contributed by atoms with Crippen LogP contribution in [-0.2, 0) is 6.42 Å². The van der Waals surface area contributed by atoms with Crippen LogP contribution in [-0.4, -0.2) is 21.5 Å². The maximum Gasteiger partial charge on any atom is 0.286 e. The van der Waals surface area contributed by atoms with E-state index < -0.39 is 11.3 Å². The molecule has 0 fully saturated rings. The first-order chi connectivity index (χ1) is 9.56. The van der Waals surface area contributed by atoms with Gasteiger partial charge in [0, 0.05) is 16.7 Å². The van der Waals surface area contributed by atoms with Gasteiger partial charge in [0.1, 0.15) is 5.69 Å². The monoisotopic (exact) mass is 269 g/mol. The fourth-order valence-electron chi connectivity index (χ4n) is 2.45. The van der Waals surface area contributed by atoms with E-state index in [4.69, 9.17) is 0 Å². The lowest BCUT2D eigenvalue weighted by atomic mass is 9.86. The number of nitrogens with zero attached hydrogens (tertiary/aromatic N) is 1. The van der Waals surface area contributed by atoms with Crippen molar-refractivity contribution in [2.75, 3.05) is 0 Å². The Kier molecular flexibility index (Phi) is 2.57. The summed E-state index contributed by atoms with van der Waals surface area (Å²) in [6.07, 6.45) is 0.371. The van der Waals surface area contributed by atoms with E-state index in [0.717, 1.165) is 0 Å². The van der Waals surface area contributed by atoms with Gasteiger partial charge in [0.2, 0.25) is 5.78 Å². The average molecular weight is 269 g/mol. The van der Waals surface area contributed by atoms with Gasteiger partial charge in [-0.1, -0.05) is 31.2 Å². The van der Waals surface area contributed by atoms with E-state index in [-0.39, 0.29) is 22.6 Å². The lowest BCUT2D eigenvalue weighted by Crippen LogP contribution is -2.33. The zero-order valence-corrected chi connectivity index (χ0v) is 10.7. The van der Waals surface area contributed by atoms with Crippen molar-refractivity contribution in [1.82, 2.24) is 4.73 Å². The van der Waals surface area contributed by atoms with Crippen LogP contribution >= 0.6 is 0 Å². The predicted octanol–water partition coefficient (Wildman–Crippen LogP) is 1.42. The zero-order valence-electron chi connectivity index (χ0n) is 10.7. The molecule has 2 aromatic rings. The number of aromatic nitrogens is 1. The fourth-order valence-corrected chi connectivity index (χ4v) is 2.45. The van der Waals surface area contributed by atoms with Crippen LogP contribution < -0.4 is 5.56 Å². The minimum Gasteiger partial charge on any atom is -0.425 e. The number of benzene rings is 1. The molecule has 5 heteroatoms. The van der Waals surface area contributed by atoms with Crippen molar-refractivity contribution < 1.29 is 14.8 Å². The van der Waals surface area contributed by atoms with Gasteiger partial charge in [0.25, 0.3) is 5.56 Å². The summed E-state index contributed by atoms with van der Waals surface area (Å²) in [7, 11) is 0. The molecule has 1 heterocycles. The van der Waals surface area contributed by atoms with Gasteiger partial charge in [0.15, 0.2) is 5.78 Å². The van der Waals surface area contributed by atoms with E-state index in [1.807, 2.05) is 0 Å². The number of hydrogen-bond acceptors (Lipinski definition) is 4.